The summed E-state index contributed by atoms with van der Waals surface area (Å²) < 4.78 is 0. The molecule has 0 radical (unpaired) electrons. The Morgan fingerprint density at radius 3 is 2.40 bits per heavy atom. The molecule has 1 aliphatic carbocycles. The van der Waals surface area contributed by atoms with Gasteiger partial charge in [0.2, 0.25) is 5.91 Å². The van der Waals surface area contributed by atoms with Crippen LogP contribution >= 0.6 is 12.4 Å². The molecule has 2 amide bonds. The van der Waals surface area contributed by atoms with Gasteiger partial charge >= 0.3 is 0 Å². The van der Waals surface area contributed by atoms with Crippen LogP contribution in [0.25, 0.3) is 0 Å². The van der Waals surface area contributed by atoms with Crippen molar-refractivity contribution in [2.24, 2.45) is 17.6 Å². The number of rotatable bonds is 4. The van der Waals surface area contributed by atoms with Crippen LogP contribution in [0.15, 0.2) is 30.3 Å². The van der Waals surface area contributed by atoms with Crippen molar-refractivity contribution in [1.29, 1.82) is 0 Å². The van der Waals surface area contributed by atoms with Crippen LogP contribution in [0.2, 0.25) is 0 Å². The number of piperidine rings is 1. The molecule has 3 N–H and O–H groups in total. The number of amides is 2. The highest BCUT2D eigenvalue weighted by atomic mass is 35.5. The van der Waals surface area contributed by atoms with E-state index in [1.54, 1.807) is 0 Å². The average Bonchev–Trinajstić information content (AvgIpc) is 3.11. The number of likely N-dealkylation sites (tertiary alicyclic amines) is 1. The Kier molecular flexibility index (Phi) is 7.26. The lowest BCUT2D eigenvalue weighted by atomic mass is 9.93. The minimum absolute atomic E-state index is 0. The first-order valence-electron chi connectivity index (χ1n) is 9.04. The fourth-order valence-corrected chi connectivity index (χ4v) is 3.98. The maximum Gasteiger partial charge on any atom is 0.251 e. The van der Waals surface area contributed by atoms with Gasteiger partial charge in [-0.05, 0) is 50.3 Å². The summed E-state index contributed by atoms with van der Waals surface area (Å²) in [7, 11) is 0. The predicted octanol–water partition coefficient (Wildman–Crippen LogP) is 2.20. The quantitative estimate of drug-likeness (QED) is 0.858. The third kappa shape index (κ3) is 4.73. The van der Waals surface area contributed by atoms with Crippen LogP contribution in [-0.4, -0.2) is 42.4 Å². The Bertz CT molecular complexity index is 573. The summed E-state index contributed by atoms with van der Waals surface area (Å²) in [6.45, 7) is 2.07. The van der Waals surface area contributed by atoms with E-state index in [9.17, 15) is 9.59 Å². The van der Waals surface area contributed by atoms with Crippen LogP contribution in [0.1, 0.15) is 42.5 Å². The summed E-state index contributed by atoms with van der Waals surface area (Å²) >= 11 is 0. The van der Waals surface area contributed by atoms with Crippen LogP contribution in [0.3, 0.4) is 0 Å². The van der Waals surface area contributed by atoms with Gasteiger partial charge in [0.15, 0.2) is 0 Å². The maximum absolute atomic E-state index is 12.7. The number of hydrogen-bond acceptors (Lipinski definition) is 3. The van der Waals surface area contributed by atoms with Gasteiger partial charge in [0.05, 0.1) is 0 Å². The van der Waals surface area contributed by atoms with Crippen molar-refractivity contribution in [3.05, 3.63) is 35.9 Å². The first kappa shape index (κ1) is 19.7. The minimum Gasteiger partial charge on any atom is -0.349 e. The van der Waals surface area contributed by atoms with E-state index in [-0.39, 0.29) is 36.2 Å². The van der Waals surface area contributed by atoms with Crippen LogP contribution in [0.4, 0.5) is 0 Å². The third-order valence-corrected chi connectivity index (χ3v) is 5.46. The number of hydrogen-bond donors (Lipinski definition) is 2. The van der Waals surface area contributed by atoms with E-state index < -0.39 is 0 Å². The minimum atomic E-state index is -0.0284. The number of benzene rings is 1. The second-order valence-corrected chi connectivity index (χ2v) is 6.97. The van der Waals surface area contributed by atoms with Gasteiger partial charge in [0.25, 0.3) is 5.91 Å². The Morgan fingerprint density at radius 2 is 1.76 bits per heavy atom. The molecule has 1 aromatic rings. The van der Waals surface area contributed by atoms with E-state index in [0.29, 0.717) is 18.0 Å². The van der Waals surface area contributed by atoms with Crippen LogP contribution < -0.4 is 11.1 Å². The van der Waals surface area contributed by atoms with Gasteiger partial charge in [0.1, 0.15) is 0 Å². The molecule has 2 fully saturated rings. The van der Waals surface area contributed by atoms with Crippen molar-refractivity contribution in [1.82, 2.24) is 10.2 Å². The number of nitrogens with two attached hydrogens (primary N) is 1. The Morgan fingerprint density at radius 1 is 1.08 bits per heavy atom. The van der Waals surface area contributed by atoms with E-state index in [1.807, 2.05) is 35.2 Å². The molecule has 138 valence electrons. The van der Waals surface area contributed by atoms with Crippen molar-refractivity contribution in [3.8, 4) is 0 Å². The molecule has 3 rings (SSSR count). The average molecular weight is 366 g/mol. The summed E-state index contributed by atoms with van der Waals surface area (Å²) in [4.78, 5) is 26.9. The number of nitrogens with zero attached hydrogens (tertiary/aromatic N) is 1. The monoisotopic (exact) mass is 365 g/mol. The first-order valence-corrected chi connectivity index (χ1v) is 9.04. The lowest BCUT2D eigenvalue weighted by Gasteiger charge is -2.35. The van der Waals surface area contributed by atoms with Crippen LogP contribution in [-0.2, 0) is 4.79 Å². The second-order valence-electron chi connectivity index (χ2n) is 6.97. The van der Waals surface area contributed by atoms with E-state index in [1.165, 1.54) is 0 Å². The molecule has 1 aromatic carbocycles. The summed E-state index contributed by atoms with van der Waals surface area (Å²) in [5.41, 5.74) is 6.49. The van der Waals surface area contributed by atoms with Gasteiger partial charge in [-0.25, -0.2) is 0 Å². The number of halogens is 1. The lowest BCUT2D eigenvalue weighted by Crippen LogP contribution is -2.48. The van der Waals surface area contributed by atoms with Gasteiger partial charge in [0, 0.05) is 30.6 Å². The highest BCUT2D eigenvalue weighted by Crippen LogP contribution is 2.33. The zero-order chi connectivity index (χ0) is 16.9. The predicted molar refractivity (Wildman–Crippen MR) is 101 cm³/mol. The van der Waals surface area contributed by atoms with Gasteiger partial charge in [-0.3, -0.25) is 9.59 Å². The van der Waals surface area contributed by atoms with Crippen molar-refractivity contribution in [2.75, 3.05) is 19.6 Å². The van der Waals surface area contributed by atoms with Crippen LogP contribution in [0.5, 0.6) is 0 Å². The number of carbonyl (C=O) groups excluding carboxylic acids is 2. The topological polar surface area (TPSA) is 75.4 Å². The lowest BCUT2D eigenvalue weighted by molar-refractivity contribution is -0.137. The van der Waals surface area contributed by atoms with E-state index >= 15 is 0 Å². The summed E-state index contributed by atoms with van der Waals surface area (Å²) in [5.74, 6) is 0.716. The molecule has 0 aromatic heterocycles. The molecule has 2 aliphatic rings. The van der Waals surface area contributed by atoms with Crippen molar-refractivity contribution in [2.45, 2.75) is 38.1 Å². The molecule has 0 unspecified atom stereocenters. The van der Waals surface area contributed by atoms with Gasteiger partial charge in [-0.15, -0.1) is 12.4 Å². The molecular formula is C19H28ClN3O2. The largest absolute Gasteiger partial charge is 0.349 e. The van der Waals surface area contributed by atoms with Crippen LogP contribution in [0, 0.1) is 11.8 Å². The molecule has 0 spiro atoms. The fraction of sp³-hybridized carbons (Fsp3) is 0.579. The van der Waals surface area contributed by atoms with E-state index in [0.717, 1.165) is 45.2 Å². The van der Waals surface area contributed by atoms with E-state index in [2.05, 4.69) is 5.32 Å². The molecule has 1 heterocycles. The number of carbonyl (C=O) groups is 2. The molecule has 2 atom stereocenters. The second kappa shape index (κ2) is 9.20. The van der Waals surface area contributed by atoms with Gasteiger partial charge in [-0.2, -0.15) is 0 Å². The van der Waals surface area contributed by atoms with Crippen molar-refractivity contribution < 1.29 is 9.59 Å². The standard InChI is InChI=1S/C19H27N3O2.ClH/c20-13-15-7-4-8-17(15)19(24)22-11-9-16(10-12-22)21-18(23)14-5-2-1-3-6-14;/h1-3,5-6,15-17H,4,7-13,20H2,(H,21,23);1H/t15-,17-;/m1./s1. The Labute approximate surface area is 155 Å². The first-order chi connectivity index (χ1) is 11.7. The number of nitrogens with one attached hydrogen (secondary N) is 1. The summed E-state index contributed by atoms with van der Waals surface area (Å²) in [6.07, 6.45) is 4.82. The summed E-state index contributed by atoms with van der Waals surface area (Å²) in [5, 5.41) is 3.09. The molecule has 1 aliphatic heterocycles. The molecule has 25 heavy (non-hydrogen) atoms. The molecule has 6 heteroatoms. The molecular weight excluding hydrogens is 338 g/mol. The highest BCUT2D eigenvalue weighted by Gasteiger charge is 2.36. The fourth-order valence-electron chi connectivity index (χ4n) is 3.98. The van der Waals surface area contributed by atoms with E-state index in [4.69, 9.17) is 5.73 Å². The molecule has 1 saturated heterocycles. The Hall–Kier alpha value is -1.59. The zero-order valence-electron chi connectivity index (χ0n) is 14.5. The summed E-state index contributed by atoms with van der Waals surface area (Å²) in [6, 6.07) is 9.42. The van der Waals surface area contributed by atoms with Gasteiger partial charge in [-0.1, -0.05) is 24.6 Å². The maximum atomic E-state index is 12.7. The molecule has 0 bridgehead atoms. The highest BCUT2D eigenvalue weighted by molar-refractivity contribution is 5.94. The van der Waals surface area contributed by atoms with Gasteiger partial charge < -0.3 is 16.0 Å². The van der Waals surface area contributed by atoms with Crippen molar-refractivity contribution in [3.63, 3.8) is 0 Å². The SMILES string of the molecule is Cl.NC[C@H]1CCC[C@H]1C(=O)N1CCC(NC(=O)c2ccccc2)CC1. The smallest absolute Gasteiger partial charge is 0.251 e. The normalized spacial score (nSPS) is 23.8. The van der Waals surface area contributed by atoms with Crippen molar-refractivity contribution >= 4 is 24.2 Å². The molecule has 5 nitrogen and oxygen atoms in total. The zero-order valence-corrected chi connectivity index (χ0v) is 15.3. The Balaban J connectivity index is 0.00000225. The third-order valence-electron chi connectivity index (χ3n) is 5.46. The molecule has 1 saturated carbocycles.